The van der Waals surface area contributed by atoms with Crippen molar-refractivity contribution in [3.63, 3.8) is 0 Å². The van der Waals surface area contributed by atoms with Gasteiger partial charge in [0.05, 0.1) is 19.3 Å². The van der Waals surface area contributed by atoms with Gasteiger partial charge in [0.25, 0.3) is 0 Å². The molecule has 2 saturated carbocycles. The predicted octanol–water partition coefficient (Wildman–Crippen LogP) is 1.13. The molecule has 6 nitrogen and oxygen atoms in total. The molecule has 0 aromatic carbocycles. The van der Waals surface area contributed by atoms with Crippen LogP contribution in [-0.2, 0) is 14.3 Å². The maximum atomic E-state index is 12.8. The summed E-state index contributed by atoms with van der Waals surface area (Å²) in [6, 6.07) is 0. The van der Waals surface area contributed by atoms with Gasteiger partial charge in [0, 0.05) is 17.8 Å². The van der Waals surface area contributed by atoms with Gasteiger partial charge >= 0.3 is 5.97 Å². The third-order valence-electron chi connectivity index (χ3n) is 8.67. The largest absolute Gasteiger partial charge is 0.457 e. The molecule has 6 aliphatic rings. The van der Waals surface area contributed by atoms with Gasteiger partial charge in [-0.1, -0.05) is 12.5 Å². The van der Waals surface area contributed by atoms with E-state index < -0.39 is 17.3 Å². The van der Waals surface area contributed by atoms with Crippen LogP contribution in [-0.4, -0.2) is 52.5 Å². The topological polar surface area (TPSA) is 96.2 Å². The maximum absolute atomic E-state index is 12.8. The molecule has 3 saturated heterocycles. The summed E-state index contributed by atoms with van der Waals surface area (Å²) >= 11 is 0. The number of ether oxygens (including phenoxy) is 2. The molecule has 0 unspecified atom stereocenters. The number of hydrogen-bond acceptors (Lipinski definition) is 6. The molecular formula is C20H28O6. The summed E-state index contributed by atoms with van der Waals surface area (Å²) in [6.07, 6.45) is 4.71. The Morgan fingerprint density at radius 3 is 2.73 bits per heavy atom. The molecule has 26 heavy (non-hydrogen) atoms. The zero-order valence-corrected chi connectivity index (χ0v) is 15.4. The van der Waals surface area contributed by atoms with Crippen LogP contribution in [0.4, 0.5) is 0 Å². The van der Waals surface area contributed by atoms with Crippen molar-refractivity contribution in [2.24, 2.45) is 28.1 Å². The van der Waals surface area contributed by atoms with E-state index in [9.17, 15) is 20.1 Å². The lowest BCUT2D eigenvalue weighted by Crippen LogP contribution is -2.71. The number of aliphatic hydroxyl groups is 3. The number of hydrogen-bond donors (Lipinski definition) is 3. The Kier molecular flexibility index (Phi) is 3.24. The molecule has 3 N–H and O–H groups in total. The van der Waals surface area contributed by atoms with Crippen LogP contribution in [0.1, 0.15) is 46.0 Å². The average molecular weight is 364 g/mol. The molecule has 0 amide bonds. The predicted molar refractivity (Wildman–Crippen MR) is 90.7 cm³/mol. The molecule has 6 heteroatoms. The summed E-state index contributed by atoms with van der Waals surface area (Å²) in [7, 11) is 0. The Morgan fingerprint density at radius 1 is 1.31 bits per heavy atom. The molecule has 0 radical (unpaired) electrons. The van der Waals surface area contributed by atoms with Crippen LogP contribution in [0.2, 0.25) is 0 Å². The van der Waals surface area contributed by atoms with Crippen LogP contribution in [0.25, 0.3) is 0 Å². The van der Waals surface area contributed by atoms with Crippen molar-refractivity contribution in [3.8, 4) is 0 Å². The van der Waals surface area contributed by atoms with Crippen LogP contribution in [0.3, 0.4) is 0 Å². The first-order chi connectivity index (χ1) is 12.2. The standard InChI is InChI=1S/C20H28O6/c1-17(14(22)9-21)4-3-12-11(8-17)7-13-15-18(2,16(23)26-13)20(24)6-5-19(12,15)10-25-20/h7,12-15,21-22,24H,3-6,8-10H2,1-2H3/t12-,13+,14-,15+,17-,18+,19-,20-/m1/s1. The quantitative estimate of drug-likeness (QED) is 0.502. The Bertz CT molecular complexity index is 692. The molecule has 5 fully saturated rings. The van der Waals surface area contributed by atoms with E-state index in [1.807, 2.05) is 13.8 Å². The van der Waals surface area contributed by atoms with E-state index in [4.69, 9.17) is 9.47 Å². The summed E-state index contributed by atoms with van der Waals surface area (Å²) in [4.78, 5) is 12.8. The van der Waals surface area contributed by atoms with E-state index in [1.165, 1.54) is 5.57 Å². The van der Waals surface area contributed by atoms with E-state index >= 15 is 0 Å². The number of carbonyl (C=O) groups excluding carboxylic acids is 1. The van der Waals surface area contributed by atoms with Crippen molar-refractivity contribution in [1.82, 2.24) is 0 Å². The normalized spacial score (nSPS) is 55.7. The Balaban J connectivity index is 1.60. The molecular weight excluding hydrogens is 336 g/mol. The lowest BCUT2D eigenvalue weighted by Gasteiger charge is -2.66. The third-order valence-corrected chi connectivity index (χ3v) is 8.67. The second-order valence-electron chi connectivity index (χ2n) is 9.72. The summed E-state index contributed by atoms with van der Waals surface area (Å²) in [5.41, 5.74) is -0.342. The molecule has 144 valence electrons. The van der Waals surface area contributed by atoms with Crippen molar-refractivity contribution >= 4 is 5.97 Å². The number of allylic oxidation sites excluding steroid dienone is 1. The fourth-order valence-corrected chi connectivity index (χ4v) is 7.04. The van der Waals surface area contributed by atoms with Crippen LogP contribution >= 0.6 is 0 Å². The molecule has 0 aromatic rings. The molecule has 8 atom stereocenters. The second-order valence-corrected chi connectivity index (χ2v) is 9.72. The first-order valence-corrected chi connectivity index (χ1v) is 9.77. The van der Waals surface area contributed by atoms with E-state index in [1.54, 1.807) is 0 Å². The fourth-order valence-electron chi connectivity index (χ4n) is 7.04. The Labute approximate surface area is 153 Å². The Morgan fingerprint density at radius 2 is 2.08 bits per heavy atom. The SMILES string of the molecule is C[C@@]1([C@H](O)CO)CC[C@@H]2C(=C[C@@H]3OC(=O)[C@]4(C)[C@H]3[C@@]23CC[C@@]4(O)OC3)C1. The van der Waals surface area contributed by atoms with E-state index in [2.05, 4.69) is 6.08 Å². The first kappa shape index (κ1) is 17.2. The number of carbonyl (C=O) groups is 1. The number of aliphatic hydroxyl groups excluding tert-OH is 2. The smallest absolute Gasteiger partial charge is 0.318 e. The van der Waals surface area contributed by atoms with Crippen LogP contribution in [0.5, 0.6) is 0 Å². The number of rotatable bonds is 2. The van der Waals surface area contributed by atoms with Gasteiger partial charge in [-0.05, 0) is 50.0 Å². The van der Waals surface area contributed by atoms with Crippen LogP contribution in [0.15, 0.2) is 11.6 Å². The molecule has 6 rings (SSSR count). The summed E-state index contributed by atoms with van der Waals surface area (Å²) in [5.74, 6) is -1.56. The first-order valence-electron chi connectivity index (χ1n) is 9.77. The van der Waals surface area contributed by atoms with Gasteiger partial charge in [-0.2, -0.15) is 0 Å². The van der Waals surface area contributed by atoms with Gasteiger partial charge < -0.3 is 24.8 Å². The van der Waals surface area contributed by atoms with Crippen LogP contribution in [0, 0.1) is 28.1 Å². The van der Waals surface area contributed by atoms with Crippen molar-refractivity contribution in [2.45, 2.75) is 63.9 Å². The van der Waals surface area contributed by atoms with Crippen molar-refractivity contribution in [3.05, 3.63) is 11.6 Å². The van der Waals surface area contributed by atoms with Crippen molar-refractivity contribution in [1.29, 1.82) is 0 Å². The highest BCUT2D eigenvalue weighted by Gasteiger charge is 2.78. The van der Waals surface area contributed by atoms with Crippen molar-refractivity contribution in [2.75, 3.05) is 13.2 Å². The van der Waals surface area contributed by atoms with Gasteiger partial charge in [0.15, 0.2) is 5.79 Å². The van der Waals surface area contributed by atoms with Gasteiger partial charge in [-0.3, -0.25) is 4.79 Å². The highest BCUT2D eigenvalue weighted by molar-refractivity contribution is 5.82. The van der Waals surface area contributed by atoms with Crippen molar-refractivity contribution < 1.29 is 29.6 Å². The molecule has 3 aliphatic carbocycles. The minimum Gasteiger partial charge on any atom is -0.457 e. The monoisotopic (exact) mass is 364 g/mol. The molecule has 3 heterocycles. The molecule has 1 spiro atoms. The zero-order valence-electron chi connectivity index (χ0n) is 15.4. The average Bonchev–Trinajstić information content (AvgIpc) is 2.89. The minimum absolute atomic E-state index is 0.0594. The van der Waals surface area contributed by atoms with E-state index in [-0.39, 0.29) is 41.3 Å². The lowest BCUT2D eigenvalue weighted by atomic mass is 9.42. The van der Waals surface area contributed by atoms with Gasteiger partial charge in [-0.25, -0.2) is 0 Å². The van der Waals surface area contributed by atoms with E-state index in [0.717, 1.165) is 19.3 Å². The van der Waals surface area contributed by atoms with Gasteiger partial charge in [0.1, 0.15) is 11.5 Å². The summed E-state index contributed by atoms with van der Waals surface area (Å²) < 4.78 is 11.7. The van der Waals surface area contributed by atoms with Gasteiger partial charge in [-0.15, -0.1) is 0 Å². The molecule has 3 aliphatic heterocycles. The fraction of sp³-hybridized carbons (Fsp3) is 0.850. The molecule has 2 bridgehead atoms. The second kappa shape index (κ2) is 4.90. The van der Waals surface area contributed by atoms with E-state index in [0.29, 0.717) is 19.4 Å². The molecule has 0 aromatic heterocycles. The Hall–Kier alpha value is -0.950. The highest BCUT2D eigenvalue weighted by atomic mass is 16.6. The van der Waals surface area contributed by atoms with Crippen LogP contribution < -0.4 is 0 Å². The highest BCUT2D eigenvalue weighted by Crippen LogP contribution is 2.72. The third kappa shape index (κ3) is 1.71. The number of fused-ring (bicyclic) bond motifs is 3. The van der Waals surface area contributed by atoms with Gasteiger partial charge in [0.2, 0.25) is 0 Å². The minimum atomic E-state index is -1.42. The zero-order chi connectivity index (χ0) is 18.5. The number of esters is 1. The lowest BCUT2D eigenvalue weighted by molar-refractivity contribution is -0.367. The maximum Gasteiger partial charge on any atom is 0.318 e. The summed E-state index contributed by atoms with van der Waals surface area (Å²) in [6.45, 7) is 4.05. The summed E-state index contributed by atoms with van der Waals surface area (Å²) in [5, 5.41) is 30.8.